The maximum atomic E-state index is 14.0. The number of carboxylic acid groups (broad SMARTS) is 1. The molecule has 0 bridgehead atoms. The van der Waals surface area contributed by atoms with Crippen molar-refractivity contribution < 1.29 is 14.3 Å². The first-order chi connectivity index (χ1) is 7.03. The Morgan fingerprint density at radius 1 is 1.53 bits per heavy atom. The van der Waals surface area contributed by atoms with Gasteiger partial charge in [-0.15, -0.1) is 0 Å². The smallest absolute Gasteiger partial charge is 0.341 e. The summed E-state index contributed by atoms with van der Waals surface area (Å²) in [4.78, 5) is 10.8. The molecule has 0 radical (unpaired) electrons. The van der Waals surface area contributed by atoms with E-state index in [0.29, 0.717) is 6.42 Å². The van der Waals surface area contributed by atoms with Crippen LogP contribution in [0, 0.1) is 6.92 Å². The van der Waals surface area contributed by atoms with Crippen LogP contribution < -0.4 is 0 Å². The molecule has 1 unspecified atom stereocenters. The molecule has 1 aliphatic rings. The molecule has 0 fully saturated rings. The van der Waals surface area contributed by atoms with E-state index < -0.39 is 11.6 Å². The molecule has 0 aromatic heterocycles. The van der Waals surface area contributed by atoms with Crippen LogP contribution >= 0.6 is 0 Å². The van der Waals surface area contributed by atoms with Gasteiger partial charge in [0.05, 0.1) is 0 Å². The Bertz CT molecular complexity index is 414. The number of carboxylic acids is 1. The molecule has 0 heterocycles. The van der Waals surface area contributed by atoms with Crippen LogP contribution in [-0.2, 0) is 17.6 Å². The minimum atomic E-state index is -2.07. The Labute approximate surface area is 87.7 Å². The van der Waals surface area contributed by atoms with E-state index in [0.717, 1.165) is 16.7 Å². The number of halogens is 1. The first kappa shape index (κ1) is 10.1. The molecule has 1 aliphatic carbocycles. The number of fused-ring (bicyclic) bond motifs is 1. The van der Waals surface area contributed by atoms with E-state index in [-0.39, 0.29) is 12.8 Å². The van der Waals surface area contributed by atoms with Gasteiger partial charge in [-0.3, -0.25) is 0 Å². The van der Waals surface area contributed by atoms with E-state index in [9.17, 15) is 9.18 Å². The van der Waals surface area contributed by atoms with E-state index in [1.165, 1.54) is 0 Å². The molecule has 15 heavy (non-hydrogen) atoms. The van der Waals surface area contributed by atoms with Crippen molar-refractivity contribution in [2.45, 2.75) is 31.9 Å². The monoisotopic (exact) mass is 208 g/mol. The molecule has 0 aliphatic heterocycles. The summed E-state index contributed by atoms with van der Waals surface area (Å²) in [7, 11) is 0. The van der Waals surface area contributed by atoms with Crippen LogP contribution in [0.4, 0.5) is 4.39 Å². The molecule has 1 N–H and O–H groups in total. The van der Waals surface area contributed by atoms with Crippen molar-refractivity contribution in [1.82, 2.24) is 0 Å². The fourth-order valence-corrected chi connectivity index (χ4v) is 2.13. The summed E-state index contributed by atoms with van der Waals surface area (Å²) in [5, 5.41) is 8.84. The number of aliphatic carboxylic acids is 1. The van der Waals surface area contributed by atoms with Crippen LogP contribution in [0.3, 0.4) is 0 Å². The van der Waals surface area contributed by atoms with Crippen molar-refractivity contribution in [3.05, 3.63) is 34.9 Å². The third kappa shape index (κ3) is 1.62. The standard InChI is InChI=1S/C12H13FO2/c1-8-3-2-4-9-5-6-12(13,11(14)15)7-10(8)9/h2-4H,5-7H2,1H3,(H,14,15). The lowest BCUT2D eigenvalue weighted by molar-refractivity contribution is -0.151. The first-order valence-electron chi connectivity index (χ1n) is 5.02. The lowest BCUT2D eigenvalue weighted by Gasteiger charge is -2.28. The van der Waals surface area contributed by atoms with E-state index in [1.807, 2.05) is 25.1 Å². The van der Waals surface area contributed by atoms with Crippen molar-refractivity contribution in [3.63, 3.8) is 0 Å². The number of alkyl halides is 1. The highest BCUT2D eigenvalue weighted by Crippen LogP contribution is 2.33. The van der Waals surface area contributed by atoms with Gasteiger partial charge in [-0.05, 0) is 36.5 Å². The minimum Gasteiger partial charge on any atom is -0.479 e. The lowest BCUT2D eigenvalue weighted by atomic mass is 9.80. The molecule has 0 amide bonds. The van der Waals surface area contributed by atoms with Gasteiger partial charge < -0.3 is 5.11 Å². The van der Waals surface area contributed by atoms with Gasteiger partial charge in [0.15, 0.2) is 0 Å². The second-order valence-corrected chi connectivity index (χ2v) is 4.16. The summed E-state index contributed by atoms with van der Waals surface area (Å²) in [6.45, 7) is 1.90. The van der Waals surface area contributed by atoms with Crippen LogP contribution in [0.1, 0.15) is 23.1 Å². The lowest BCUT2D eigenvalue weighted by Crippen LogP contribution is -2.39. The molecule has 1 aromatic rings. The van der Waals surface area contributed by atoms with Crippen LogP contribution in [0.2, 0.25) is 0 Å². The summed E-state index contributed by atoms with van der Waals surface area (Å²) < 4.78 is 14.0. The third-order valence-corrected chi connectivity index (χ3v) is 3.14. The van der Waals surface area contributed by atoms with Crippen molar-refractivity contribution >= 4 is 5.97 Å². The molecule has 80 valence electrons. The molecule has 1 atom stereocenters. The van der Waals surface area contributed by atoms with Gasteiger partial charge >= 0.3 is 5.97 Å². The average Bonchev–Trinajstić information content (AvgIpc) is 2.19. The van der Waals surface area contributed by atoms with E-state index >= 15 is 0 Å². The summed E-state index contributed by atoms with van der Waals surface area (Å²) in [5.74, 6) is -1.34. The number of hydrogen-bond donors (Lipinski definition) is 1. The van der Waals surface area contributed by atoms with Gasteiger partial charge in [0.1, 0.15) is 0 Å². The van der Waals surface area contributed by atoms with Crippen LogP contribution in [-0.4, -0.2) is 16.7 Å². The van der Waals surface area contributed by atoms with Crippen LogP contribution in [0.15, 0.2) is 18.2 Å². The first-order valence-corrected chi connectivity index (χ1v) is 5.02. The molecule has 0 spiro atoms. The van der Waals surface area contributed by atoms with Crippen molar-refractivity contribution in [3.8, 4) is 0 Å². The fraction of sp³-hybridized carbons (Fsp3) is 0.417. The number of aryl methyl sites for hydroxylation is 2. The minimum absolute atomic E-state index is 0.00431. The van der Waals surface area contributed by atoms with Crippen molar-refractivity contribution in [2.24, 2.45) is 0 Å². The molecule has 3 heteroatoms. The highest BCUT2D eigenvalue weighted by Gasteiger charge is 2.42. The number of hydrogen-bond acceptors (Lipinski definition) is 1. The topological polar surface area (TPSA) is 37.3 Å². The maximum Gasteiger partial charge on any atom is 0.341 e. The van der Waals surface area contributed by atoms with Gasteiger partial charge in [-0.1, -0.05) is 18.2 Å². The van der Waals surface area contributed by atoms with Crippen molar-refractivity contribution in [1.29, 1.82) is 0 Å². The maximum absolute atomic E-state index is 14.0. The van der Waals surface area contributed by atoms with Gasteiger partial charge in [0, 0.05) is 6.42 Å². The zero-order valence-corrected chi connectivity index (χ0v) is 8.59. The summed E-state index contributed by atoms with van der Waals surface area (Å²) in [6.07, 6.45) is 0.600. The van der Waals surface area contributed by atoms with E-state index in [4.69, 9.17) is 5.11 Å². The predicted molar refractivity (Wildman–Crippen MR) is 54.7 cm³/mol. The number of carbonyl (C=O) groups is 1. The molecule has 0 saturated carbocycles. The van der Waals surface area contributed by atoms with Gasteiger partial charge in [0.25, 0.3) is 0 Å². The normalized spacial score (nSPS) is 24.7. The largest absolute Gasteiger partial charge is 0.479 e. The number of rotatable bonds is 1. The Kier molecular flexibility index (Phi) is 2.25. The number of benzene rings is 1. The van der Waals surface area contributed by atoms with Gasteiger partial charge in [-0.25, -0.2) is 9.18 Å². The Balaban J connectivity index is 2.42. The Morgan fingerprint density at radius 2 is 2.27 bits per heavy atom. The summed E-state index contributed by atoms with van der Waals surface area (Å²) in [5.41, 5.74) is 0.868. The highest BCUT2D eigenvalue weighted by atomic mass is 19.1. The second-order valence-electron chi connectivity index (χ2n) is 4.16. The van der Waals surface area contributed by atoms with Gasteiger partial charge in [-0.2, -0.15) is 0 Å². The Hall–Kier alpha value is -1.38. The van der Waals surface area contributed by atoms with Crippen LogP contribution in [0.25, 0.3) is 0 Å². The average molecular weight is 208 g/mol. The SMILES string of the molecule is Cc1cccc2c1CC(F)(C(=O)O)CC2. The quantitative estimate of drug-likeness (QED) is 0.768. The van der Waals surface area contributed by atoms with Crippen LogP contribution in [0.5, 0.6) is 0 Å². The predicted octanol–water partition coefficient (Wildman–Crippen LogP) is 2.28. The van der Waals surface area contributed by atoms with Gasteiger partial charge in [0.2, 0.25) is 5.67 Å². The zero-order chi connectivity index (χ0) is 11.1. The second kappa shape index (κ2) is 3.33. The zero-order valence-electron chi connectivity index (χ0n) is 8.59. The molecule has 2 rings (SSSR count). The highest BCUT2D eigenvalue weighted by molar-refractivity contribution is 5.78. The molecule has 0 saturated heterocycles. The molecular weight excluding hydrogens is 195 g/mol. The summed E-state index contributed by atoms with van der Waals surface area (Å²) in [6, 6.07) is 5.77. The molecular formula is C12H13FO2. The third-order valence-electron chi connectivity index (χ3n) is 3.14. The van der Waals surface area contributed by atoms with E-state index in [2.05, 4.69) is 0 Å². The fourth-order valence-electron chi connectivity index (χ4n) is 2.13. The van der Waals surface area contributed by atoms with Crippen molar-refractivity contribution in [2.75, 3.05) is 0 Å². The molecule has 2 nitrogen and oxygen atoms in total. The molecule has 1 aromatic carbocycles. The van der Waals surface area contributed by atoms with E-state index in [1.54, 1.807) is 0 Å². The summed E-state index contributed by atoms with van der Waals surface area (Å²) >= 11 is 0. The Morgan fingerprint density at radius 3 is 2.93 bits per heavy atom.